The topological polar surface area (TPSA) is 131 Å². The maximum Gasteiger partial charge on any atom is 0.184 e. The van der Waals surface area contributed by atoms with Gasteiger partial charge in [-0.2, -0.15) is 0 Å². The Balaban J connectivity index is 0.000000437. The molecule has 0 aromatic heterocycles. The molecule has 1 aliphatic rings. The van der Waals surface area contributed by atoms with Crippen LogP contribution in [0.1, 0.15) is 0 Å². The molecule has 0 bridgehead atoms. The molecule has 17 heavy (non-hydrogen) atoms. The first-order chi connectivity index (χ1) is 7.99. The van der Waals surface area contributed by atoms with E-state index in [0.29, 0.717) is 5.88 Å². The fraction of sp³-hybridized carbons (Fsp3) is 0.778. The maximum atomic E-state index is 9.12. The average molecular weight is 273 g/mol. The largest absolute Gasteiger partial charge is 0.516 e. The molecule has 0 spiro atoms. The molecule has 8 heteroatoms. The Morgan fingerprint density at radius 1 is 1.06 bits per heavy atom. The van der Waals surface area contributed by atoms with Gasteiger partial charge < -0.3 is 35.4 Å². The second-order valence-corrected chi connectivity index (χ2v) is 3.57. The van der Waals surface area contributed by atoms with Crippen molar-refractivity contribution in [2.24, 2.45) is 0 Å². The van der Waals surface area contributed by atoms with Gasteiger partial charge >= 0.3 is 0 Å². The molecule has 0 amide bonds. The SMILES string of the molecule is O/C=C\CCl.OCC1OC(O)C(O)C(O)[C@@H]1O. The zero-order valence-corrected chi connectivity index (χ0v) is 9.68. The van der Waals surface area contributed by atoms with E-state index in [1.165, 1.54) is 6.08 Å². The molecular weight excluding hydrogens is 256 g/mol. The number of halogens is 1. The van der Waals surface area contributed by atoms with E-state index >= 15 is 0 Å². The second kappa shape index (κ2) is 8.65. The van der Waals surface area contributed by atoms with Crippen LogP contribution in [0, 0.1) is 0 Å². The predicted octanol–water partition coefficient (Wildman–Crippen LogP) is -1.92. The fourth-order valence-corrected chi connectivity index (χ4v) is 1.20. The summed E-state index contributed by atoms with van der Waals surface area (Å²) in [5.41, 5.74) is 0. The standard InChI is InChI=1S/C6H12O6.C3H5ClO/c7-1-2-3(8)4(9)5(10)6(11)12-2;4-2-1-3-5/h2-11H,1H2;1,3,5H,2H2/b;3-1-/t2?,3-,4?,5?,6?;/m1./s1. The second-order valence-electron chi connectivity index (χ2n) is 3.26. The minimum Gasteiger partial charge on any atom is -0.516 e. The molecule has 1 aliphatic heterocycles. The van der Waals surface area contributed by atoms with Crippen molar-refractivity contribution in [2.75, 3.05) is 12.5 Å². The maximum absolute atomic E-state index is 9.12. The van der Waals surface area contributed by atoms with Crippen LogP contribution in [0.25, 0.3) is 0 Å². The lowest BCUT2D eigenvalue weighted by Gasteiger charge is -2.37. The zero-order chi connectivity index (χ0) is 13.4. The van der Waals surface area contributed by atoms with E-state index < -0.39 is 37.3 Å². The van der Waals surface area contributed by atoms with Crippen molar-refractivity contribution in [1.82, 2.24) is 0 Å². The van der Waals surface area contributed by atoms with Gasteiger partial charge in [0.25, 0.3) is 0 Å². The van der Waals surface area contributed by atoms with Crippen molar-refractivity contribution in [2.45, 2.75) is 30.7 Å². The first-order valence-electron chi connectivity index (χ1n) is 4.83. The van der Waals surface area contributed by atoms with Gasteiger partial charge in [-0.15, -0.1) is 11.6 Å². The molecule has 1 fully saturated rings. The molecule has 0 aromatic carbocycles. The van der Waals surface area contributed by atoms with E-state index in [2.05, 4.69) is 4.74 Å². The molecule has 0 aliphatic carbocycles. The van der Waals surface area contributed by atoms with Crippen LogP contribution in [0.4, 0.5) is 0 Å². The van der Waals surface area contributed by atoms with Gasteiger partial charge in [-0.1, -0.05) is 0 Å². The molecule has 0 aromatic rings. The van der Waals surface area contributed by atoms with Crippen LogP contribution in [0.5, 0.6) is 0 Å². The Labute approximate surface area is 103 Å². The predicted molar refractivity (Wildman–Crippen MR) is 58.5 cm³/mol. The van der Waals surface area contributed by atoms with Crippen LogP contribution < -0.4 is 0 Å². The van der Waals surface area contributed by atoms with E-state index in [-0.39, 0.29) is 0 Å². The zero-order valence-electron chi connectivity index (χ0n) is 8.93. The summed E-state index contributed by atoms with van der Waals surface area (Å²) in [6.45, 7) is -0.526. The van der Waals surface area contributed by atoms with Crippen molar-refractivity contribution >= 4 is 11.6 Å². The van der Waals surface area contributed by atoms with Gasteiger partial charge in [0.05, 0.1) is 12.9 Å². The number of alkyl halides is 1. The molecule has 1 rings (SSSR count). The monoisotopic (exact) mass is 272 g/mol. The summed E-state index contributed by atoms with van der Waals surface area (Å²) in [6, 6.07) is 0. The molecule has 1 heterocycles. The molecule has 7 nitrogen and oxygen atoms in total. The molecule has 102 valence electrons. The fourth-order valence-electron chi connectivity index (χ4n) is 1.12. The van der Waals surface area contributed by atoms with Gasteiger partial charge in [0, 0.05) is 5.88 Å². The smallest absolute Gasteiger partial charge is 0.184 e. The lowest BCUT2D eigenvalue weighted by Crippen LogP contribution is -2.58. The van der Waals surface area contributed by atoms with Crippen molar-refractivity contribution < 1.29 is 35.4 Å². The first kappa shape index (κ1) is 16.6. The lowest BCUT2D eigenvalue weighted by molar-refractivity contribution is -0.286. The van der Waals surface area contributed by atoms with Crippen molar-refractivity contribution in [3.05, 3.63) is 12.3 Å². The molecule has 0 radical (unpaired) electrons. The summed E-state index contributed by atoms with van der Waals surface area (Å²) in [5.74, 6) is 0.385. The minimum atomic E-state index is -1.57. The molecular formula is C9H17ClO7. The third-order valence-electron chi connectivity index (χ3n) is 2.06. The minimum absolute atomic E-state index is 0.385. The molecule has 6 N–H and O–H groups in total. The van der Waals surface area contributed by atoms with Crippen molar-refractivity contribution in [3.63, 3.8) is 0 Å². The molecule has 4 unspecified atom stereocenters. The third kappa shape index (κ3) is 5.17. The van der Waals surface area contributed by atoms with Crippen LogP contribution >= 0.6 is 11.6 Å². The number of ether oxygens (including phenoxy) is 1. The Kier molecular flexibility index (Phi) is 8.44. The summed E-state index contributed by atoms with van der Waals surface area (Å²) < 4.78 is 4.58. The summed E-state index contributed by atoms with van der Waals surface area (Å²) in [5, 5.41) is 52.5. The highest BCUT2D eigenvalue weighted by Crippen LogP contribution is 2.18. The van der Waals surface area contributed by atoms with Crippen molar-refractivity contribution in [1.29, 1.82) is 0 Å². The number of allylic oxidation sites excluding steroid dienone is 1. The number of rotatable bonds is 2. The van der Waals surface area contributed by atoms with Gasteiger partial charge in [0.1, 0.15) is 24.4 Å². The number of aliphatic hydroxyl groups is 6. The molecule has 1 saturated heterocycles. The van der Waals surface area contributed by atoms with Crippen LogP contribution in [-0.2, 0) is 4.74 Å². The summed E-state index contributed by atoms with van der Waals surface area (Å²) >= 11 is 5.05. The molecule has 5 atom stereocenters. The first-order valence-corrected chi connectivity index (χ1v) is 5.36. The molecule has 0 saturated carbocycles. The van der Waals surface area contributed by atoms with E-state index in [9.17, 15) is 0 Å². The van der Waals surface area contributed by atoms with Gasteiger partial charge in [-0.05, 0) is 6.08 Å². The Bertz CT molecular complexity index is 221. The van der Waals surface area contributed by atoms with Crippen LogP contribution in [-0.4, -0.2) is 73.8 Å². The van der Waals surface area contributed by atoms with E-state index in [0.717, 1.165) is 6.26 Å². The summed E-state index contributed by atoms with van der Waals surface area (Å²) in [6.07, 6.45) is -4.67. The van der Waals surface area contributed by atoms with Crippen LogP contribution in [0.15, 0.2) is 12.3 Å². The number of hydrogen-bond donors (Lipinski definition) is 6. The van der Waals surface area contributed by atoms with Gasteiger partial charge in [-0.25, -0.2) is 0 Å². The summed E-state index contributed by atoms with van der Waals surface area (Å²) in [4.78, 5) is 0. The third-order valence-corrected chi connectivity index (χ3v) is 2.24. The Morgan fingerprint density at radius 2 is 1.65 bits per heavy atom. The summed E-state index contributed by atoms with van der Waals surface area (Å²) in [7, 11) is 0. The van der Waals surface area contributed by atoms with Crippen LogP contribution in [0.2, 0.25) is 0 Å². The highest BCUT2D eigenvalue weighted by molar-refractivity contribution is 6.18. The van der Waals surface area contributed by atoms with E-state index in [1.54, 1.807) is 0 Å². The van der Waals surface area contributed by atoms with Gasteiger partial charge in [0.15, 0.2) is 6.29 Å². The normalized spacial score (nSPS) is 37.6. The number of hydrogen-bond acceptors (Lipinski definition) is 7. The average Bonchev–Trinajstić information content (AvgIpc) is 2.33. The highest BCUT2D eigenvalue weighted by atomic mass is 35.5. The highest BCUT2D eigenvalue weighted by Gasteiger charge is 2.42. The van der Waals surface area contributed by atoms with Gasteiger partial charge in [-0.3, -0.25) is 0 Å². The van der Waals surface area contributed by atoms with Gasteiger partial charge in [0.2, 0.25) is 0 Å². The quantitative estimate of drug-likeness (QED) is 0.255. The van der Waals surface area contributed by atoms with E-state index in [1.807, 2.05) is 0 Å². The Morgan fingerprint density at radius 3 is 2.00 bits per heavy atom. The lowest BCUT2D eigenvalue weighted by atomic mass is 10.00. The number of aliphatic hydroxyl groups excluding tert-OH is 6. The van der Waals surface area contributed by atoms with E-state index in [4.69, 9.17) is 42.2 Å². The van der Waals surface area contributed by atoms with Crippen molar-refractivity contribution in [3.8, 4) is 0 Å². The van der Waals surface area contributed by atoms with Crippen LogP contribution in [0.3, 0.4) is 0 Å². The Hall–Kier alpha value is -0.410.